The van der Waals surface area contributed by atoms with Crippen molar-refractivity contribution in [1.29, 1.82) is 0 Å². The number of carbonyl (C=O) groups is 1. The van der Waals surface area contributed by atoms with E-state index in [1.807, 2.05) is 0 Å². The predicted molar refractivity (Wildman–Crippen MR) is 41.9 cm³/mol. The van der Waals surface area contributed by atoms with Gasteiger partial charge in [0.15, 0.2) is 11.3 Å². The topological polar surface area (TPSA) is 42.9 Å². The molecule has 0 unspecified atom stereocenters. The van der Waals surface area contributed by atoms with Gasteiger partial charge < -0.3 is 0 Å². The number of aldehydes is 1. The first-order valence-electron chi connectivity index (χ1n) is 3.69. The molecule has 1 aliphatic carbocycles. The first-order valence-corrected chi connectivity index (χ1v) is 4.50. The summed E-state index contributed by atoms with van der Waals surface area (Å²) in [7, 11) is 0. The number of nitrogens with zero attached hydrogens (tertiary/aromatic N) is 2. The maximum Gasteiger partial charge on any atom is 0.180 e. The summed E-state index contributed by atoms with van der Waals surface area (Å²) >= 11 is 1.43. The number of rotatable bonds is 2. The molecule has 3 nitrogen and oxygen atoms in total. The summed E-state index contributed by atoms with van der Waals surface area (Å²) in [6.45, 7) is 0. The molecule has 0 aromatic carbocycles. The summed E-state index contributed by atoms with van der Waals surface area (Å²) in [5.74, 6) is 0.598. The maximum absolute atomic E-state index is 10.3. The van der Waals surface area contributed by atoms with Crippen molar-refractivity contribution in [3.63, 3.8) is 0 Å². The van der Waals surface area contributed by atoms with Gasteiger partial charge in [-0.2, -0.15) is 0 Å². The highest BCUT2D eigenvalue weighted by atomic mass is 32.1. The van der Waals surface area contributed by atoms with E-state index >= 15 is 0 Å². The molecule has 1 heterocycles. The van der Waals surface area contributed by atoms with Crippen molar-refractivity contribution < 1.29 is 4.79 Å². The van der Waals surface area contributed by atoms with E-state index in [0.29, 0.717) is 10.9 Å². The Morgan fingerprint density at radius 1 is 1.45 bits per heavy atom. The monoisotopic (exact) mass is 168 g/mol. The van der Waals surface area contributed by atoms with Gasteiger partial charge in [0.25, 0.3) is 0 Å². The molecule has 0 atom stereocenters. The van der Waals surface area contributed by atoms with E-state index in [-0.39, 0.29) is 0 Å². The van der Waals surface area contributed by atoms with Gasteiger partial charge >= 0.3 is 0 Å². The number of hydrogen-bond acceptors (Lipinski definition) is 4. The standard InChI is InChI=1S/C7H8N2OS/c10-4-6-8-9-7(11-6)5-2-1-3-5/h4-5H,1-3H2. The van der Waals surface area contributed by atoms with Crippen LogP contribution in [-0.2, 0) is 0 Å². The zero-order valence-corrected chi connectivity index (χ0v) is 6.80. The van der Waals surface area contributed by atoms with Gasteiger partial charge in [0.05, 0.1) is 0 Å². The molecule has 1 fully saturated rings. The number of hydrogen-bond donors (Lipinski definition) is 0. The minimum absolute atomic E-state index is 0.506. The van der Waals surface area contributed by atoms with Crippen molar-refractivity contribution in [1.82, 2.24) is 10.2 Å². The minimum atomic E-state index is 0.506. The molecule has 0 bridgehead atoms. The molecule has 0 saturated heterocycles. The fourth-order valence-electron chi connectivity index (χ4n) is 1.11. The average Bonchev–Trinajstić information content (AvgIpc) is 2.32. The third-order valence-electron chi connectivity index (χ3n) is 2.01. The summed E-state index contributed by atoms with van der Waals surface area (Å²) < 4.78 is 0. The summed E-state index contributed by atoms with van der Waals surface area (Å²) in [4.78, 5) is 10.3. The van der Waals surface area contributed by atoms with Gasteiger partial charge in [0.1, 0.15) is 5.01 Å². The van der Waals surface area contributed by atoms with Crippen molar-refractivity contribution >= 4 is 17.6 Å². The summed E-state index contributed by atoms with van der Waals surface area (Å²) in [6.07, 6.45) is 4.49. The number of carbonyl (C=O) groups excluding carboxylic acids is 1. The van der Waals surface area contributed by atoms with Crippen LogP contribution in [0, 0.1) is 0 Å². The van der Waals surface area contributed by atoms with Crippen molar-refractivity contribution in [2.24, 2.45) is 0 Å². The fraction of sp³-hybridized carbons (Fsp3) is 0.571. The van der Waals surface area contributed by atoms with E-state index in [1.54, 1.807) is 0 Å². The van der Waals surface area contributed by atoms with E-state index in [2.05, 4.69) is 10.2 Å². The molecule has 11 heavy (non-hydrogen) atoms. The van der Waals surface area contributed by atoms with Crippen molar-refractivity contribution in [2.45, 2.75) is 25.2 Å². The van der Waals surface area contributed by atoms with Gasteiger partial charge in [-0.1, -0.05) is 17.8 Å². The van der Waals surface area contributed by atoms with Crippen LogP contribution >= 0.6 is 11.3 Å². The van der Waals surface area contributed by atoms with Crippen LogP contribution in [0.1, 0.15) is 40.0 Å². The lowest BCUT2D eigenvalue weighted by Gasteiger charge is -2.21. The van der Waals surface area contributed by atoms with Crippen LogP contribution in [-0.4, -0.2) is 16.5 Å². The molecule has 0 N–H and O–H groups in total. The second kappa shape index (κ2) is 2.70. The van der Waals surface area contributed by atoms with Crippen LogP contribution in [0.4, 0.5) is 0 Å². The van der Waals surface area contributed by atoms with Crippen molar-refractivity contribution in [3.05, 3.63) is 10.0 Å². The average molecular weight is 168 g/mol. The SMILES string of the molecule is O=Cc1nnc(C2CCC2)s1. The zero-order valence-electron chi connectivity index (χ0n) is 5.99. The highest BCUT2D eigenvalue weighted by Crippen LogP contribution is 2.37. The van der Waals surface area contributed by atoms with Crippen LogP contribution in [0.5, 0.6) is 0 Å². The van der Waals surface area contributed by atoms with Gasteiger partial charge in [0, 0.05) is 5.92 Å². The van der Waals surface area contributed by atoms with Gasteiger partial charge in [0.2, 0.25) is 0 Å². The lowest BCUT2D eigenvalue weighted by atomic mass is 9.86. The Labute approximate surface area is 68.5 Å². The molecule has 0 amide bonds. The Balaban J connectivity index is 2.17. The normalized spacial score (nSPS) is 17.8. The van der Waals surface area contributed by atoms with Gasteiger partial charge in [-0.05, 0) is 12.8 Å². The van der Waals surface area contributed by atoms with Crippen LogP contribution < -0.4 is 0 Å². The van der Waals surface area contributed by atoms with E-state index in [0.717, 1.165) is 11.3 Å². The molecular formula is C7H8N2OS. The van der Waals surface area contributed by atoms with Crippen LogP contribution in [0.3, 0.4) is 0 Å². The summed E-state index contributed by atoms with van der Waals surface area (Å²) in [5.41, 5.74) is 0. The fourth-order valence-corrected chi connectivity index (χ4v) is 1.94. The number of aromatic nitrogens is 2. The minimum Gasteiger partial charge on any atom is -0.295 e. The van der Waals surface area contributed by atoms with Gasteiger partial charge in [-0.25, -0.2) is 0 Å². The Kier molecular flexibility index (Phi) is 1.69. The zero-order chi connectivity index (χ0) is 7.68. The molecule has 58 valence electrons. The first kappa shape index (κ1) is 6.91. The van der Waals surface area contributed by atoms with E-state index in [4.69, 9.17) is 0 Å². The van der Waals surface area contributed by atoms with Gasteiger partial charge in [-0.3, -0.25) is 4.79 Å². The van der Waals surface area contributed by atoms with Crippen molar-refractivity contribution in [2.75, 3.05) is 0 Å². The molecule has 0 aliphatic heterocycles. The molecule has 1 aliphatic rings. The molecular weight excluding hydrogens is 160 g/mol. The lowest BCUT2D eigenvalue weighted by Crippen LogP contribution is -2.07. The molecule has 1 aromatic rings. The van der Waals surface area contributed by atoms with E-state index < -0.39 is 0 Å². The van der Waals surface area contributed by atoms with E-state index in [1.165, 1.54) is 30.6 Å². The summed E-state index contributed by atoms with van der Waals surface area (Å²) in [6, 6.07) is 0. The Morgan fingerprint density at radius 2 is 2.27 bits per heavy atom. The first-order chi connectivity index (χ1) is 5.40. The van der Waals surface area contributed by atoms with Crippen LogP contribution in [0.2, 0.25) is 0 Å². The van der Waals surface area contributed by atoms with E-state index in [9.17, 15) is 4.79 Å². The molecule has 0 radical (unpaired) electrons. The van der Waals surface area contributed by atoms with Crippen LogP contribution in [0.25, 0.3) is 0 Å². The predicted octanol–water partition coefficient (Wildman–Crippen LogP) is 1.62. The second-order valence-corrected chi connectivity index (χ2v) is 3.76. The highest BCUT2D eigenvalue weighted by Gasteiger charge is 2.23. The largest absolute Gasteiger partial charge is 0.295 e. The molecule has 1 aromatic heterocycles. The molecule has 1 saturated carbocycles. The van der Waals surface area contributed by atoms with Gasteiger partial charge in [-0.15, -0.1) is 10.2 Å². The third-order valence-corrected chi connectivity index (χ3v) is 3.02. The van der Waals surface area contributed by atoms with Crippen LogP contribution in [0.15, 0.2) is 0 Å². The van der Waals surface area contributed by atoms with Crippen molar-refractivity contribution in [3.8, 4) is 0 Å². The highest BCUT2D eigenvalue weighted by molar-refractivity contribution is 7.12. The molecule has 2 rings (SSSR count). The Hall–Kier alpha value is -0.770. The quantitative estimate of drug-likeness (QED) is 0.630. The Morgan fingerprint density at radius 3 is 2.73 bits per heavy atom. The Bertz CT molecular complexity index is 267. The summed E-state index contributed by atoms with van der Waals surface area (Å²) in [5, 5.41) is 9.23. The lowest BCUT2D eigenvalue weighted by molar-refractivity contribution is 0.112. The molecule has 4 heteroatoms. The second-order valence-electron chi connectivity index (χ2n) is 2.72. The smallest absolute Gasteiger partial charge is 0.180 e. The maximum atomic E-state index is 10.3. The molecule has 0 spiro atoms. The third kappa shape index (κ3) is 1.18.